The van der Waals surface area contributed by atoms with E-state index in [1.54, 1.807) is 16.7 Å². The van der Waals surface area contributed by atoms with Gasteiger partial charge in [-0.2, -0.15) is 0 Å². The molecule has 6 heteroatoms. The highest BCUT2D eigenvalue weighted by atomic mass is 32.2. The second kappa shape index (κ2) is 6.68. The van der Waals surface area contributed by atoms with Crippen molar-refractivity contribution >= 4 is 29.3 Å². The number of carbonyl (C=O) groups excluding carboxylic acids is 2. The van der Waals surface area contributed by atoms with Crippen LogP contribution in [-0.2, 0) is 9.59 Å². The number of fused-ring (bicyclic) bond motifs is 1. The molecule has 5 nitrogen and oxygen atoms in total. The summed E-state index contributed by atoms with van der Waals surface area (Å²) in [6.45, 7) is 2.68. The number of ether oxygens (including phenoxy) is 1. The molecule has 2 amide bonds. The highest BCUT2D eigenvalue weighted by Gasteiger charge is 2.54. The van der Waals surface area contributed by atoms with Gasteiger partial charge in [-0.3, -0.25) is 9.59 Å². The zero-order valence-corrected chi connectivity index (χ0v) is 15.3. The second-order valence-electron chi connectivity index (χ2n) is 6.57. The molecule has 2 saturated heterocycles. The maximum atomic E-state index is 12.8. The van der Waals surface area contributed by atoms with Crippen molar-refractivity contribution in [3.05, 3.63) is 54.1 Å². The monoisotopic (exact) mass is 368 g/mol. The van der Waals surface area contributed by atoms with Gasteiger partial charge in [0.25, 0.3) is 5.91 Å². The van der Waals surface area contributed by atoms with E-state index in [1.165, 1.54) is 5.56 Å². The molecule has 0 aromatic heterocycles. The molecule has 0 bridgehead atoms. The Hall–Kier alpha value is -2.47. The number of hydrogen-bond acceptors (Lipinski definition) is 4. The van der Waals surface area contributed by atoms with Crippen molar-refractivity contribution in [2.24, 2.45) is 0 Å². The number of nitrogens with zero attached hydrogens (tertiary/aromatic N) is 1. The van der Waals surface area contributed by atoms with Crippen molar-refractivity contribution in [2.75, 3.05) is 17.6 Å². The lowest BCUT2D eigenvalue weighted by Gasteiger charge is -2.29. The van der Waals surface area contributed by atoms with Gasteiger partial charge in [0, 0.05) is 24.4 Å². The third-order valence-corrected chi connectivity index (χ3v) is 6.27. The predicted octanol–water partition coefficient (Wildman–Crippen LogP) is 3.79. The van der Waals surface area contributed by atoms with Crippen molar-refractivity contribution < 1.29 is 14.3 Å². The molecular weight excluding hydrogens is 348 g/mol. The number of anilines is 1. The minimum absolute atomic E-state index is 0.0759. The van der Waals surface area contributed by atoms with Crippen LogP contribution in [0.5, 0.6) is 11.5 Å². The summed E-state index contributed by atoms with van der Waals surface area (Å²) in [4.78, 5) is 25.8. The zero-order valence-electron chi connectivity index (χ0n) is 14.5. The molecule has 1 atom stereocenters. The molecule has 0 aliphatic carbocycles. The van der Waals surface area contributed by atoms with Crippen molar-refractivity contribution in [1.29, 1.82) is 0 Å². The molecule has 2 aromatic rings. The first-order valence-corrected chi connectivity index (χ1v) is 9.66. The Labute approximate surface area is 156 Å². The zero-order chi connectivity index (χ0) is 18.1. The van der Waals surface area contributed by atoms with Crippen LogP contribution >= 0.6 is 11.8 Å². The van der Waals surface area contributed by atoms with Gasteiger partial charge >= 0.3 is 0 Å². The molecule has 0 saturated carbocycles. The Morgan fingerprint density at radius 2 is 1.77 bits per heavy atom. The van der Waals surface area contributed by atoms with Crippen molar-refractivity contribution in [1.82, 2.24) is 4.90 Å². The fourth-order valence-corrected chi connectivity index (χ4v) is 4.78. The molecule has 2 aliphatic rings. The van der Waals surface area contributed by atoms with E-state index in [0.29, 0.717) is 30.8 Å². The topological polar surface area (TPSA) is 58.6 Å². The molecule has 2 heterocycles. The molecule has 26 heavy (non-hydrogen) atoms. The minimum atomic E-state index is -0.728. The van der Waals surface area contributed by atoms with Crippen molar-refractivity contribution in [2.45, 2.75) is 24.6 Å². The van der Waals surface area contributed by atoms with Gasteiger partial charge in [0.05, 0.1) is 0 Å². The third-order valence-electron chi connectivity index (χ3n) is 4.79. The number of rotatable bonds is 4. The van der Waals surface area contributed by atoms with E-state index < -0.39 is 4.87 Å². The number of nitrogens with one attached hydrogen (secondary N) is 1. The minimum Gasteiger partial charge on any atom is -0.457 e. The second-order valence-corrected chi connectivity index (χ2v) is 7.94. The molecule has 2 aliphatic heterocycles. The molecule has 2 fully saturated rings. The lowest BCUT2D eigenvalue weighted by atomic mass is 10.2. The third kappa shape index (κ3) is 3.05. The largest absolute Gasteiger partial charge is 0.457 e. The number of thioether (sulfide) groups is 1. The summed E-state index contributed by atoms with van der Waals surface area (Å²) in [7, 11) is 0. The van der Waals surface area contributed by atoms with Crippen LogP contribution in [0.25, 0.3) is 0 Å². The summed E-state index contributed by atoms with van der Waals surface area (Å²) in [5, 5.41) is 2.96. The van der Waals surface area contributed by atoms with E-state index in [9.17, 15) is 9.59 Å². The number of amides is 2. The molecule has 0 spiro atoms. The van der Waals surface area contributed by atoms with E-state index in [1.807, 2.05) is 55.5 Å². The lowest BCUT2D eigenvalue weighted by Crippen LogP contribution is -2.48. The summed E-state index contributed by atoms with van der Waals surface area (Å²) in [6.07, 6.45) is 1.03. The Balaban J connectivity index is 1.43. The fraction of sp³-hybridized carbons (Fsp3) is 0.300. The van der Waals surface area contributed by atoms with Crippen LogP contribution in [0, 0.1) is 6.92 Å². The van der Waals surface area contributed by atoms with Crippen LogP contribution in [-0.4, -0.2) is 33.9 Å². The van der Waals surface area contributed by atoms with Gasteiger partial charge in [0.1, 0.15) is 11.5 Å². The van der Waals surface area contributed by atoms with Gasteiger partial charge < -0.3 is 15.0 Å². The molecule has 1 N–H and O–H groups in total. The molecule has 0 radical (unpaired) electrons. The van der Waals surface area contributed by atoms with E-state index >= 15 is 0 Å². The summed E-state index contributed by atoms with van der Waals surface area (Å²) < 4.78 is 5.81. The lowest BCUT2D eigenvalue weighted by molar-refractivity contribution is -0.133. The molecule has 134 valence electrons. The Bertz CT molecular complexity index is 835. The highest BCUT2D eigenvalue weighted by molar-refractivity contribution is 8.01. The maximum Gasteiger partial charge on any atom is 0.260 e. The van der Waals surface area contributed by atoms with Gasteiger partial charge in [-0.05, 0) is 49.7 Å². The van der Waals surface area contributed by atoms with Gasteiger partial charge in [-0.15, -0.1) is 11.8 Å². The average molecular weight is 368 g/mol. The van der Waals surface area contributed by atoms with Crippen LogP contribution in [0.4, 0.5) is 5.69 Å². The van der Waals surface area contributed by atoms with Crippen LogP contribution in [0.3, 0.4) is 0 Å². The van der Waals surface area contributed by atoms with Gasteiger partial charge in [-0.25, -0.2) is 0 Å². The van der Waals surface area contributed by atoms with Crippen molar-refractivity contribution in [3.8, 4) is 11.5 Å². The van der Waals surface area contributed by atoms with Crippen molar-refractivity contribution in [3.63, 3.8) is 0 Å². The number of benzene rings is 2. The first kappa shape index (κ1) is 17.0. The van der Waals surface area contributed by atoms with E-state index in [4.69, 9.17) is 4.74 Å². The van der Waals surface area contributed by atoms with Gasteiger partial charge in [0.15, 0.2) is 4.87 Å². The SMILES string of the molecule is Cc1ccc(Oc2ccc(NC(=O)C34CCC(=O)N3CCS4)cc2)cc1. The summed E-state index contributed by atoms with van der Waals surface area (Å²) in [6, 6.07) is 15.1. The van der Waals surface area contributed by atoms with Crippen LogP contribution < -0.4 is 10.1 Å². The first-order chi connectivity index (χ1) is 12.6. The molecule has 1 unspecified atom stereocenters. The van der Waals surface area contributed by atoms with Crippen LogP contribution in [0.1, 0.15) is 18.4 Å². The number of hydrogen-bond donors (Lipinski definition) is 1. The Kier molecular flexibility index (Phi) is 4.36. The standard InChI is InChI=1S/C20H20N2O3S/c1-14-2-6-16(7-3-14)25-17-8-4-15(5-9-17)21-19(24)20-11-10-18(23)22(20)12-13-26-20/h2-9H,10-13H2,1H3,(H,21,24). The highest BCUT2D eigenvalue weighted by Crippen LogP contribution is 2.45. The normalized spacial score (nSPS) is 21.6. The Morgan fingerprint density at radius 3 is 2.46 bits per heavy atom. The predicted molar refractivity (Wildman–Crippen MR) is 102 cm³/mol. The maximum absolute atomic E-state index is 12.8. The molecular formula is C20H20N2O3S. The molecule has 4 rings (SSSR count). The van der Waals surface area contributed by atoms with E-state index in [2.05, 4.69) is 5.32 Å². The van der Waals surface area contributed by atoms with E-state index in [0.717, 1.165) is 11.5 Å². The van der Waals surface area contributed by atoms with Crippen LogP contribution in [0.15, 0.2) is 48.5 Å². The Morgan fingerprint density at radius 1 is 1.12 bits per heavy atom. The van der Waals surface area contributed by atoms with E-state index in [-0.39, 0.29) is 11.8 Å². The number of carbonyl (C=O) groups is 2. The smallest absolute Gasteiger partial charge is 0.260 e. The fourth-order valence-electron chi connectivity index (χ4n) is 3.39. The quantitative estimate of drug-likeness (QED) is 0.892. The summed E-state index contributed by atoms with van der Waals surface area (Å²) >= 11 is 1.57. The number of aryl methyl sites for hydroxylation is 1. The summed E-state index contributed by atoms with van der Waals surface area (Å²) in [5.74, 6) is 2.25. The average Bonchev–Trinajstić information content (AvgIpc) is 3.21. The molecule has 2 aromatic carbocycles. The van der Waals surface area contributed by atoms with Gasteiger partial charge in [-0.1, -0.05) is 17.7 Å². The van der Waals surface area contributed by atoms with Crippen LogP contribution in [0.2, 0.25) is 0 Å². The first-order valence-electron chi connectivity index (χ1n) is 8.67. The summed E-state index contributed by atoms with van der Waals surface area (Å²) in [5.41, 5.74) is 1.88. The van der Waals surface area contributed by atoms with Gasteiger partial charge in [0.2, 0.25) is 5.91 Å².